The fourth-order valence-corrected chi connectivity index (χ4v) is 2.91. The summed E-state index contributed by atoms with van der Waals surface area (Å²) in [4.78, 5) is 2.60. The molecular weight excluding hydrogens is 232 g/mol. The monoisotopic (exact) mass is 260 g/mol. The van der Waals surface area contributed by atoms with Crippen LogP contribution in [0.3, 0.4) is 0 Å². The first-order valence-electron chi connectivity index (χ1n) is 7.44. The van der Waals surface area contributed by atoms with E-state index in [1.54, 1.807) is 0 Å². The summed E-state index contributed by atoms with van der Waals surface area (Å²) in [6.45, 7) is 11.7. The van der Waals surface area contributed by atoms with Crippen LogP contribution in [0.4, 0.5) is 0 Å². The Labute approximate surface area is 118 Å². The lowest BCUT2D eigenvalue weighted by atomic mass is 9.80. The van der Waals surface area contributed by atoms with E-state index < -0.39 is 0 Å². The van der Waals surface area contributed by atoms with Crippen LogP contribution in [0.25, 0.3) is 0 Å². The molecule has 19 heavy (non-hydrogen) atoms. The van der Waals surface area contributed by atoms with Crippen molar-refractivity contribution in [3.63, 3.8) is 0 Å². The topological polar surface area (TPSA) is 15.3 Å². The van der Waals surface area contributed by atoms with E-state index in [0.29, 0.717) is 5.41 Å². The maximum absolute atomic E-state index is 3.19. The zero-order chi connectivity index (χ0) is 13.9. The third-order valence-electron chi connectivity index (χ3n) is 4.31. The Morgan fingerprint density at radius 1 is 1.16 bits per heavy atom. The van der Waals surface area contributed by atoms with Gasteiger partial charge in [-0.25, -0.2) is 0 Å². The smallest absolute Gasteiger partial charge is 0.0233 e. The highest BCUT2D eigenvalue weighted by Gasteiger charge is 2.31. The molecule has 1 atom stereocenters. The van der Waals surface area contributed by atoms with Gasteiger partial charge < -0.3 is 5.32 Å². The Balaban J connectivity index is 1.88. The molecule has 1 aliphatic heterocycles. The van der Waals surface area contributed by atoms with E-state index in [1.165, 1.54) is 30.6 Å². The number of likely N-dealkylation sites (tertiary alicyclic amines) is 1. The van der Waals surface area contributed by atoms with E-state index >= 15 is 0 Å². The molecule has 1 aromatic rings. The summed E-state index contributed by atoms with van der Waals surface area (Å²) < 4.78 is 0. The summed E-state index contributed by atoms with van der Waals surface area (Å²) in [6.07, 6.45) is 1.35. The lowest BCUT2D eigenvalue weighted by Crippen LogP contribution is -2.25. The normalized spacial score (nSPS) is 20.9. The summed E-state index contributed by atoms with van der Waals surface area (Å²) in [5, 5.41) is 3.19. The molecule has 1 unspecified atom stereocenters. The first-order chi connectivity index (χ1) is 8.99. The molecule has 2 rings (SSSR count). The van der Waals surface area contributed by atoms with Crippen molar-refractivity contribution < 1.29 is 0 Å². The zero-order valence-electron chi connectivity index (χ0n) is 12.9. The third-order valence-corrected chi connectivity index (χ3v) is 4.31. The quantitative estimate of drug-likeness (QED) is 0.894. The average Bonchev–Trinajstić information content (AvgIpc) is 2.80. The van der Waals surface area contributed by atoms with Gasteiger partial charge in [-0.15, -0.1) is 0 Å². The lowest BCUT2D eigenvalue weighted by molar-refractivity contribution is 0.226. The molecule has 2 nitrogen and oxygen atoms in total. The van der Waals surface area contributed by atoms with Crippen molar-refractivity contribution in [1.82, 2.24) is 10.2 Å². The van der Waals surface area contributed by atoms with Crippen molar-refractivity contribution >= 4 is 0 Å². The van der Waals surface area contributed by atoms with Gasteiger partial charge in [-0.05, 0) is 42.5 Å². The minimum atomic E-state index is 0.450. The van der Waals surface area contributed by atoms with Gasteiger partial charge in [-0.1, -0.05) is 45.0 Å². The standard InChI is InChI=1S/C17H28N2/c1-17(2,3)16-9-10-19(13-16)12-15-7-5-14(6-8-15)11-18-4/h5-8,16,18H,9-13H2,1-4H3. The minimum absolute atomic E-state index is 0.450. The number of hydrogen-bond acceptors (Lipinski definition) is 2. The first-order valence-corrected chi connectivity index (χ1v) is 7.44. The van der Waals surface area contributed by atoms with Gasteiger partial charge in [-0.2, -0.15) is 0 Å². The molecule has 1 heterocycles. The Kier molecular flexibility index (Phi) is 4.64. The van der Waals surface area contributed by atoms with Crippen LogP contribution in [0.2, 0.25) is 0 Å². The van der Waals surface area contributed by atoms with Gasteiger partial charge in [0.15, 0.2) is 0 Å². The molecule has 1 aromatic carbocycles. The molecule has 0 aliphatic carbocycles. The first kappa shape index (κ1) is 14.5. The predicted octanol–water partition coefficient (Wildman–Crippen LogP) is 3.27. The summed E-state index contributed by atoms with van der Waals surface area (Å²) in [5.74, 6) is 0.844. The van der Waals surface area contributed by atoms with E-state index in [9.17, 15) is 0 Å². The highest BCUT2D eigenvalue weighted by Crippen LogP contribution is 2.34. The van der Waals surface area contributed by atoms with Gasteiger partial charge in [0.25, 0.3) is 0 Å². The summed E-state index contributed by atoms with van der Waals surface area (Å²) in [5.41, 5.74) is 3.25. The summed E-state index contributed by atoms with van der Waals surface area (Å²) >= 11 is 0. The molecule has 1 saturated heterocycles. The zero-order valence-corrected chi connectivity index (χ0v) is 12.9. The van der Waals surface area contributed by atoms with Crippen LogP contribution >= 0.6 is 0 Å². The second kappa shape index (κ2) is 6.06. The molecule has 1 fully saturated rings. The van der Waals surface area contributed by atoms with E-state index in [4.69, 9.17) is 0 Å². The molecule has 0 radical (unpaired) electrons. The van der Waals surface area contributed by atoms with Crippen molar-refractivity contribution in [3.05, 3.63) is 35.4 Å². The van der Waals surface area contributed by atoms with Gasteiger partial charge in [0.1, 0.15) is 0 Å². The van der Waals surface area contributed by atoms with E-state index in [2.05, 4.69) is 55.3 Å². The van der Waals surface area contributed by atoms with Crippen molar-refractivity contribution in [1.29, 1.82) is 0 Å². The number of benzene rings is 1. The molecule has 1 N–H and O–H groups in total. The third kappa shape index (κ3) is 4.05. The van der Waals surface area contributed by atoms with E-state index in [-0.39, 0.29) is 0 Å². The number of nitrogens with one attached hydrogen (secondary N) is 1. The molecule has 106 valence electrons. The molecular formula is C17H28N2. The van der Waals surface area contributed by atoms with Crippen molar-refractivity contribution in [2.75, 3.05) is 20.1 Å². The summed E-state index contributed by atoms with van der Waals surface area (Å²) in [6, 6.07) is 9.03. The van der Waals surface area contributed by atoms with Gasteiger partial charge in [0.05, 0.1) is 0 Å². The van der Waals surface area contributed by atoms with Gasteiger partial charge in [-0.3, -0.25) is 4.90 Å². The number of nitrogens with zero attached hydrogens (tertiary/aromatic N) is 1. The Bertz CT molecular complexity index is 389. The Hall–Kier alpha value is -0.860. The fourth-order valence-electron chi connectivity index (χ4n) is 2.91. The van der Waals surface area contributed by atoms with Crippen LogP contribution < -0.4 is 5.32 Å². The van der Waals surface area contributed by atoms with Gasteiger partial charge in [0.2, 0.25) is 0 Å². The van der Waals surface area contributed by atoms with Crippen molar-refractivity contribution in [2.45, 2.75) is 40.3 Å². The molecule has 2 heteroatoms. The number of hydrogen-bond donors (Lipinski definition) is 1. The van der Waals surface area contributed by atoms with Crippen LogP contribution in [0, 0.1) is 11.3 Å². The molecule has 0 aromatic heterocycles. The van der Waals surface area contributed by atoms with Gasteiger partial charge >= 0.3 is 0 Å². The van der Waals surface area contributed by atoms with E-state index in [0.717, 1.165) is 19.0 Å². The SMILES string of the molecule is CNCc1ccc(CN2CCC(C(C)(C)C)C2)cc1. The van der Waals surface area contributed by atoms with Crippen LogP contribution in [-0.2, 0) is 13.1 Å². The molecule has 1 aliphatic rings. The van der Waals surface area contributed by atoms with Crippen LogP contribution in [-0.4, -0.2) is 25.0 Å². The highest BCUT2D eigenvalue weighted by molar-refractivity contribution is 5.22. The molecule has 0 spiro atoms. The van der Waals surface area contributed by atoms with Crippen LogP contribution in [0.5, 0.6) is 0 Å². The Morgan fingerprint density at radius 2 is 1.79 bits per heavy atom. The highest BCUT2D eigenvalue weighted by atomic mass is 15.1. The summed E-state index contributed by atoms with van der Waals surface area (Å²) in [7, 11) is 1.99. The molecule has 0 amide bonds. The number of rotatable bonds is 4. The molecule has 0 bridgehead atoms. The maximum atomic E-state index is 3.19. The maximum Gasteiger partial charge on any atom is 0.0233 e. The second-order valence-electron chi connectivity index (χ2n) is 6.93. The fraction of sp³-hybridized carbons (Fsp3) is 0.647. The second-order valence-corrected chi connectivity index (χ2v) is 6.93. The average molecular weight is 260 g/mol. The van der Waals surface area contributed by atoms with Crippen LogP contribution in [0.15, 0.2) is 24.3 Å². The lowest BCUT2D eigenvalue weighted by Gasteiger charge is -2.27. The largest absolute Gasteiger partial charge is 0.316 e. The predicted molar refractivity (Wildman–Crippen MR) is 82.0 cm³/mol. The van der Waals surface area contributed by atoms with Crippen molar-refractivity contribution in [2.24, 2.45) is 11.3 Å². The minimum Gasteiger partial charge on any atom is -0.316 e. The molecule has 0 saturated carbocycles. The van der Waals surface area contributed by atoms with Crippen LogP contribution in [0.1, 0.15) is 38.3 Å². The van der Waals surface area contributed by atoms with Crippen molar-refractivity contribution in [3.8, 4) is 0 Å². The Morgan fingerprint density at radius 3 is 2.32 bits per heavy atom. The van der Waals surface area contributed by atoms with E-state index in [1.807, 2.05) is 7.05 Å². The van der Waals surface area contributed by atoms with Gasteiger partial charge in [0, 0.05) is 19.6 Å².